The number of aryl methyl sites for hydroxylation is 1. The van der Waals surface area contributed by atoms with E-state index in [1.807, 2.05) is 25.1 Å². The zero-order chi connectivity index (χ0) is 21.1. The van der Waals surface area contributed by atoms with Crippen LogP contribution in [0.25, 0.3) is 11.0 Å². The van der Waals surface area contributed by atoms with Crippen molar-refractivity contribution in [2.75, 3.05) is 6.54 Å². The molecule has 152 valence electrons. The summed E-state index contributed by atoms with van der Waals surface area (Å²) in [5.74, 6) is -0.509. The molecule has 0 aliphatic carbocycles. The van der Waals surface area contributed by atoms with Crippen molar-refractivity contribution in [3.05, 3.63) is 93.9 Å². The van der Waals surface area contributed by atoms with Crippen LogP contribution in [-0.4, -0.2) is 31.8 Å². The molecule has 2 aromatic carbocycles. The van der Waals surface area contributed by atoms with Crippen molar-refractivity contribution in [3.8, 4) is 0 Å². The molecule has 8 heteroatoms. The first kappa shape index (κ1) is 19.5. The summed E-state index contributed by atoms with van der Waals surface area (Å²) in [6, 6.07) is 13.5. The predicted molar refractivity (Wildman–Crippen MR) is 111 cm³/mol. The lowest BCUT2D eigenvalue weighted by molar-refractivity contribution is 0.0951. The normalized spacial score (nSPS) is 11.0. The zero-order valence-electron chi connectivity index (χ0n) is 16.4. The number of hydrogen-bond acceptors (Lipinski definition) is 4. The van der Waals surface area contributed by atoms with E-state index in [4.69, 9.17) is 0 Å². The quantitative estimate of drug-likeness (QED) is 0.534. The highest BCUT2D eigenvalue weighted by Gasteiger charge is 2.12. The topological polar surface area (TPSA) is 81.8 Å². The molecule has 1 N–H and O–H groups in total. The number of benzene rings is 2. The van der Waals surface area contributed by atoms with E-state index in [9.17, 15) is 14.0 Å². The van der Waals surface area contributed by atoms with Crippen molar-refractivity contribution < 1.29 is 9.18 Å². The van der Waals surface area contributed by atoms with Gasteiger partial charge in [0.1, 0.15) is 17.5 Å². The number of aromatic nitrogens is 4. The fourth-order valence-electron chi connectivity index (χ4n) is 3.30. The number of rotatable bonds is 6. The van der Waals surface area contributed by atoms with E-state index in [1.165, 1.54) is 29.2 Å². The molecule has 2 heterocycles. The van der Waals surface area contributed by atoms with E-state index in [2.05, 4.69) is 15.4 Å². The lowest BCUT2D eigenvalue weighted by Crippen LogP contribution is -2.28. The van der Waals surface area contributed by atoms with Crippen LogP contribution in [-0.2, 0) is 13.1 Å². The molecule has 0 saturated heterocycles. The van der Waals surface area contributed by atoms with Crippen LogP contribution in [0.3, 0.4) is 0 Å². The first-order chi connectivity index (χ1) is 14.5. The van der Waals surface area contributed by atoms with Crippen LogP contribution in [0.5, 0.6) is 0 Å². The summed E-state index contributed by atoms with van der Waals surface area (Å²) in [7, 11) is 0. The number of carbonyl (C=O) groups excluding carboxylic acids is 1. The van der Waals surface area contributed by atoms with Gasteiger partial charge in [-0.2, -0.15) is 5.10 Å². The molecule has 0 unspecified atom stereocenters. The summed E-state index contributed by atoms with van der Waals surface area (Å²) < 4.78 is 16.4. The van der Waals surface area contributed by atoms with Gasteiger partial charge in [-0.3, -0.25) is 14.2 Å². The third kappa shape index (κ3) is 3.98. The Kier molecular flexibility index (Phi) is 5.38. The summed E-state index contributed by atoms with van der Waals surface area (Å²) in [4.78, 5) is 29.4. The number of nitrogens with one attached hydrogen (secondary N) is 1. The molecule has 30 heavy (non-hydrogen) atoms. The van der Waals surface area contributed by atoms with Gasteiger partial charge in [-0.05, 0) is 36.2 Å². The number of fused-ring (bicyclic) bond motifs is 1. The van der Waals surface area contributed by atoms with Crippen LogP contribution in [0.2, 0.25) is 0 Å². The van der Waals surface area contributed by atoms with E-state index in [0.717, 1.165) is 5.56 Å². The second kappa shape index (κ2) is 8.28. The zero-order valence-corrected chi connectivity index (χ0v) is 16.4. The Bertz CT molecular complexity index is 1280. The third-order valence-corrected chi connectivity index (χ3v) is 4.86. The molecule has 4 rings (SSSR count). The predicted octanol–water partition coefficient (Wildman–Crippen LogP) is 2.52. The highest BCUT2D eigenvalue weighted by Crippen LogP contribution is 2.09. The molecule has 0 spiro atoms. The van der Waals surface area contributed by atoms with Crippen molar-refractivity contribution in [3.63, 3.8) is 0 Å². The van der Waals surface area contributed by atoms with Gasteiger partial charge >= 0.3 is 0 Å². The van der Waals surface area contributed by atoms with Gasteiger partial charge in [0.15, 0.2) is 5.65 Å². The van der Waals surface area contributed by atoms with Gasteiger partial charge in [0.2, 0.25) is 0 Å². The van der Waals surface area contributed by atoms with Crippen molar-refractivity contribution in [2.24, 2.45) is 0 Å². The van der Waals surface area contributed by atoms with E-state index < -0.39 is 0 Å². The molecule has 2 aromatic heterocycles. The van der Waals surface area contributed by atoms with Gasteiger partial charge in [-0.25, -0.2) is 14.1 Å². The summed E-state index contributed by atoms with van der Waals surface area (Å²) in [6.07, 6.45) is 2.90. The number of nitrogens with zero attached hydrogens (tertiary/aromatic N) is 4. The molecule has 0 aliphatic heterocycles. The van der Waals surface area contributed by atoms with Crippen molar-refractivity contribution in [2.45, 2.75) is 20.0 Å². The largest absolute Gasteiger partial charge is 0.350 e. The summed E-state index contributed by atoms with van der Waals surface area (Å²) >= 11 is 0. The Morgan fingerprint density at radius 3 is 2.80 bits per heavy atom. The molecule has 0 atom stereocenters. The maximum atomic E-state index is 13.4. The monoisotopic (exact) mass is 405 g/mol. The summed E-state index contributed by atoms with van der Waals surface area (Å²) in [5.41, 5.74) is 2.39. The van der Waals surface area contributed by atoms with Crippen LogP contribution < -0.4 is 10.9 Å². The van der Waals surface area contributed by atoms with Crippen molar-refractivity contribution in [1.29, 1.82) is 0 Å². The highest BCUT2D eigenvalue weighted by atomic mass is 19.1. The Morgan fingerprint density at radius 2 is 2.00 bits per heavy atom. The minimum atomic E-state index is -0.352. The molecule has 7 nitrogen and oxygen atoms in total. The van der Waals surface area contributed by atoms with Gasteiger partial charge in [0.05, 0.1) is 19.3 Å². The summed E-state index contributed by atoms with van der Waals surface area (Å²) in [6.45, 7) is 2.82. The van der Waals surface area contributed by atoms with E-state index >= 15 is 0 Å². The Labute approximate surface area is 171 Å². The maximum Gasteiger partial charge on any atom is 0.264 e. The van der Waals surface area contributed by atoms with Gasteiger partial charge in [-0.15, -0.1) is 0 Å². The number of amides is 1. The molecule has 4 aromatic rings. The standard InChI is InChI=1S/C22H20FN5O2/c1-15-5-2-3-8-18(15)21(29)24-9-10-28-20-19(12-26-28)22(30)27(14-25-20)13-16-6-4-7-17(23)11-16/h2-8,11-12,14H,9-10,13H2,1H3,(H,24,29). The van der Waals surface area contributed by atoms with Crippen LogP contribution in [0.15, 0.2) is 65.8 Å². The van der Waals surface area contributed by atoms with Crippen LogP contribution in [0, 0.1) is 12.7 Å². The molecular weight excluding hydrogens is 385 g/mol. The van der Waals surface area contributed by atoms with Gasteiger partial charge in [0.25, 0.3) is 11.5 Å². The molecule has 0 saturated carbocycles. The molecular formula is C22H20FN5O2. The molecule has 0 fully saturated rings. The van der Waals surface area contributed by atoms with Crippen LogP contribution in [0.1, 0.15) is 21.5 Å². The lowest BCUT2D eigenvalue weighted by Gasteiger charge is -2.09. The lowest BCUT2D eigenvalue weighted by atomic mass is 10.1. The van der Waals surface area contributed by atoms with E-state index in [1.54, 1.807) is 22.9 Å². The highest BCUT2D eigenvalue weighted by molar-refractivity contribution is 5.95. The maximum absolute atomic E-state index is 13.4. The SMILES string of the molecule is Cc1ccccc1C(=O)NCCn1ncc2c(=O)n(Cc3cccc(F)c3)cnc21. The first-order valence-corrected chi connectivity index (χ1v) is 9.52. The third-order valence-electron chi connectivity index (χ3n) is 4.86. The van der Waals surface area contributed by atoms with Gasteiger partial charge in [0, 0.05) is 12.1 Å². The fraction of sp³-hybridized carbons (Fsp3) is 0.182. The Balaban J connectivity index is 1.47. The second-order valence-corrected chi connectivity index (χ2v) is 6.98. The number of hydrogen-bond donors (Lipinski definition) is 1. The smallest absolute Gasteiger partial charge is 0.264 e. The molecule has 0 radical (unpaired) electrons. The van der Waals surface area contributed by atoms with Gasteiger partial charge < -0.3 is 5.32 Å². The molecule has 1 amide bonds. The molecule has 0 bridgehead atoms. The average molecular weight is 405 g/mol. The van der Waals surface area contributed by atoms with Crippen LogP contribution >= 0.6 is 0 Å². The number of halogens is 1. The van der Waals surface area contributed by atoms with Gasteiger partial charge in [-0.1, -0.05) is 30.3 Å². The molecule has 0 aliphatic rings. The Morgan fingerprint density at radius 1 is 1.17 bits per heavy atom. The Hall–Kier alpha value is -3.81. The average Bonchev–Trinajstić information content (AvgIpc) is 3.14. The summed E-state index contributed by atoms with van der Waals surface area (Å²) in [5, 5.41) is 7.47. The second-order valence-electron chi connectivity index (χ2n) is 6.98. The fourth-order valence-corrected chi connectivity index (χ4v) is 3.30. The van der Waals surface area contributed by atoms with E-state index in [-0.39, 0.29) is 23.8 Å². The van der Waals surface area contributed by atoms with Crippen molar-refractivity contribution >= 4 is 16.9 Å². The van der Waals surface area contributed by atoms with Crippen molar-refractivity contribution in [1.82, 2.24) is 24.6 Å². The first-order valence-electron chi connectivity index (χ1n) is 9.52. The number of carbonyl (C=O) groups is 1. The van der Waals surface area contributed by atoms with E-state index in [0.29, 0.717) is 35.2 Å². The minimum absolute atomic E-state index is 0.157. The van der Waals surface area contributed by atoms with Crippen LogP contribution in [0.4, 0.5) is 4.39 Å². The minimum Gasteiger partial charge on any atom is -0.350 e.